The Labute approximate surface area is 98.8 Å². The number of urea groups is 1. The summed E-state index contributed by atoms with van der Waals surface area (Å²) in [6.45, 7) is -0.253. The largest absolute Gasteiger partial charge is 0.479 e. The number of hydrogen-bond donors (Lipinski definition) is 4. The van der Waals surface area contributed by atoms with Gasteiger partial charge in [0, 0.05) is 14.2 Å². The second kappa shape index (κ2) is 7.82. The summed E-state index contributed by atoms with van der Waals surface area (Å²) in [5, 5.41) is 28.9. The third kappa shape index (κ3) is 6.72. The quantitative estimate of drug-likeness (QED) is 0.418. The predicted molar refractivity (Wildman–Crippen MR) is 57.6 cm³/mol. The van der Waals surface area contributed by atoms with Gasteiger partial charge in [0.05, 0.1) is 25.8 Å². The van der Waals surface area contributed by atoms with Crippen LogP contribution in [0.25, 0.3) is 0 Å². The first-order chi connectivity index (χ1) is 7.88. The highest BCUT2D eigenvalue weighted by molar-refractivity contribution is 5.76. The van der Waals surface area contributed by atoms with Crippen molar-refractivity contribution in [2.24, 2.45) is 0 Å². The molecule has 0 bridgehead atoms. The number of methoxy groups -OCH3 is 1. The van der Waals surface area contributed by atoms with Crippen LogP contribution in [0, 0.1) is 0 Å². The standard InChI is InChI=1S/C9H18N2O6/c1-11(4-6(12)5-17-2)9(16)10-3-7(13)8(14)15/h6-7,12-13H,3-5H2,1-2H3,(H,10,16)(H,14,15)/t6?,7-/m0/s1. The maximum absolute atomic E-state index is 11.4. The Hall–Kier alpha value is -1.38. The molecule has 0 spiro atoms. The summed E-state index contributed by atoms with van der Waals surface area (Å²) in [5.41, 5.74) is 0. The summed E-state index contributed by atoms with van der Waals surface area (Å²) in [5.74, 6) is -1.41. The molecule has 4 N–H and O–H groups in total. The Balaban J connectivity index is 3.93. The molecule has 1 unspecified atom stereocenters. The van der Waals surface area contributed by atoms with Gasteiger partial charge in [0.25, 0.3) is 0 Å². The minimum atomic E-state index is -1.64. The van der Waals surface area contributed by atoms with Gasteiger partial charge in [-0.1, -0.05) is 0 Å². The molecule has 0 heterocycles. The van der Waals surface area contributed by atoms with Crippen molar-refractivity contribution in [1.82, 2.24) is 10.2 Å². The lowest BCUT2D eigenvalue weighted by molar-refractivity contribution is -0.146. The fourth-order valence-electron chi connectivity index (χ4n) is 1.05. The highest BCUT2D eigenvalue weighted by Gasteiger charge is 2.17. The molecule has 0 aromatic carbocycles. The molecular weight excluding hydrogens is 232 g/mol. The lowest BCUT2D eigenvalue weighted by atomic mass is 10.3. The Bertz CT molecular complexity index is 260. The number of likely N-dealkylation sites (N-methyl/N-ethyl adjacent to an activating group) is 1. The van der Waals surface area contributed by atoms with E-state index >= 15 is 0 Å². The number of nitrogens with one attached hydrogen (secondary N) is 1. The van der Waals surface area contributed by atoms with Crippen molar-refractivity contribution < 1.29 is 29.6 Å². The maximum Gasteiger partial charge on any atom is 0.334 e. The average molecular weight is 250 g/mol. The van der Waals surface area contributed by atoms with Gasteiger partial charge in [-0.15, -0.1) is 0 Å². The molecule has 0 aliphatic heterocycles. The molecule has 0 rings (SSSR count). The van der Waals surface area contributed by atoms with E-state index in [4.69, 9.17) is 10.2 Å². The summed E-state index contributed by atoms with van der Waals surface area (Å²) in [6, 6.07) is -0.583. The van der Waals surface area contributed by atoms with Crippen molar-refractivity contribution in [1.29, 1.82) is 0 Å². The van der Waals surface area contributed by atoms with Gasteiger partial charge in [0.15, 0.2) is 6.10 Å². The van der Waals surface area contributed by atoms with E-state index in [9.17, 15) is 14.7 Å². The lowest BCUT2D eigenvalue weighted by Gasteiger charge is -2.21. The van der Waals surface area contributed by atoms with Gasteiger partial charge in [0.2, 0.25) is 0 Å². The SMILES string of the molecule is COCC(O)CN(C)C(=O)NC[C@H](O)C(=O)O. The Kier molecular flexibility index (Phi) is 7.19. The first-order valence-corrected chi connectivity index (χ1v) is 4.95. The minimum absolute atomic E-state index is 0.0445. The fourth-order valence-corrected chi connectivity index (χ4v) is 1.05. The Morgan fingerprint density at radius 1 is 1.41 bits per heavy atom. The van der Waals surface area contributed by atoms with Crippen molar-refractivity contribution >= 4 is 12.0 Å². The van der Waals surface area contributed by atoms with Crippen molar-refractivity contribution in [2.45, 2.75) is 12.2 Å². The molecule has 100 valence electrons. The van der Waals surface area contributed by atoms with Crippen molar-refractivity contribution in [3.63, 3.8) is 0 Å². The number of carboxylic acids is 1. The molecule has 2 atom stereocenters. The van der Waals surface area contributed by atoms with Gasteiger partial charge in [-0.3, -0.25) is 0 Å². The number of aliphatic hydroxyl groups is 2. The van der Waals surface area contributed by atoms with E-state index < -0.39 is 30.8 Å². The van der Waals surface area contributed by atoms with Gasteiger partial charge in [-0.05, 0) is 0 Å². The van der Waals surface area contributed by atoms with Crippen LogP contribution in [0.5, 0.6) is 0 Å². The van der Waals surface area contributed by atoms with Gasteiger partial charge < -0.3 is 30.3 Å². The zero-order valence-corrected chi connectivity index (χ0v) is 9.79. The normalized spacial score (nSPS) is 13.9. The van der Waals surface area contributed by atoms with Crippen molar-refractivity contribution in [2.75, 3.05) is 33.9 Å². The highest BCUT2D eigenvalue weighted by atomic mass is 16.5. The topological polar surface area (TPSA) is 119 Å². The molecule has 17 heavy (non-hydrogen) atoms. The van der Waals surface area contributed by atoms with Crippen LogP contribution in [0.15, 0.2) is 0 Å². The van der Waals surface area contributed by atoms with Crippen LogP contribution in [0.2, 0.25) is 0 Å². The number of nitrogens with zero attached hydrogens (tertiary/aromatic N) is 1. The van der Waals surface area contributed by atoms with Crippen LogP contribution in [-0.4, -0.2) is 78.3 Å². The summed E-state index contributed by atoms with van der Waals surface area (Å²) in [6.07, 6.45) is -2.46. The van der Waals surface area contributed by atoms with E-state index in [0.717, 1.165) is 4.90 Å². The number of amides is 2. The van der Waals surface area contributed by atoms with E-state index in [1.54, 1.807) is 0 Å². The van der Waals surface area contributed by atoms with Crippen LogP contribution >= 0.6 is 0 Å². The van der Waals surface area contributed by atoms with Gasteiger partial charge in [-0.2, -0.15) is 0 Å². The minimum Gasteiger partial charge on any atom is -0.479 e. The van der Waals surface area contributed by atoms with Gasteiger partial charge in [-0.25, -0.2) is 9.59 Å². The zero-order chi connectivity index (χ0) is 13.4. The highest BCUT2D eigenvalue weighted by Crippen LogP contribution is 1.91. The predicted octanol–water partition coefficient (Wildman–Crippen LogP) is -1.92. The molecule has 0 aromatic rings. The van der Waals surface area contributed by atoms with E-state index in [-0.39, 0.29) is 13.2 Å². The number of carbonyl (C=O) groups is 2. The first-order valence-electron chi connectivity index (χ1n) is 4.95. The number of carboxylic acid groups (broad SMARTS) is 1. The lowest BCUT2D eigenvalue weighted by Crippen LogP contribution is -2.45. The molecule has 8 nitrogen and oxygen atoms in total. The average Bonchev–Trinajstić information content (AvgIpc) is 2.25. The van der Waals surface area contributed by atoms with E-state index in [1.807, 2.05) is 0 Å². The van der Waals surface area contributed by atoms with Crippen LogP contribution in [-0.2, 0) is 9.53 Å². The molecule has 0 saturated carbocycles. The number of carbonyl (C=O) groups excluding carboxylic acids is 1. The summed E-state index contributed by atoms with van der Waals surface area (Å²) < 4.78 is 4.69. The van der Waals surface area contributed by atoms with Gasteiger partial charge >= 0.3 is 12.0 Å². The third-order valence-corrected chi connectivity index (χ3v) is 1.92. The van der Waals surface area contributed by atoms with E-state index in [0.29, 0.717) is 0 Å². The number of rotatable bonds is 7. The second-order valence-electron chi connectivity index (χ2n) is 3.53. The summed E-state index contributed by atoms with van der Waals surface area (Å²) in [7, 11) is 2.86. The molecule has 8 heteroatoms. The number of aliphatic hydroxyl groups excluding tert-OH is 2. The zero-order valence-electron chi connectivity index (χ0n) is 9.79. The second-order valence-corrected chi connectivity index (χ2v) is 3.53. The smallest absolute Gasteiger partial charge is 0.334 e. The third-order valence-electron chi connectivity index (χ3n) is 1.92. The molecule has 0 fully saturated rings. The van der Waals surface area contributed by atoms with Crippen LogP contribution in [0.3, 0.4) is 0 Å². The number of aliphatic carboxylic acids is 1. The maximum atomic E-state index is 11.4. The first kappa shape index (κ1) is 15.6. The summed E-state index contributed by atoms with van der Waals surface area (Å²) >= 11 is 0. The summed E-state index contributed by atoms with van der Waals surface area (Å²) in [4.78, 5) is 22.8. The van der Waals surface area contributed by atoms with Crippen molar-refractivity contribution in [3.8, 4) is 0 Å². The Morgan fingerprint density at radius 3 is 2.47 bits per heavy atom. The van der Waals surface area contributed by atoms with Crippen LogP contribution in [0.4, 0.5) is 4.79 Å². The molecule has 0 aromatic heterocycles. The van der Waals surface area contributed by atoms with Crippen molar-refractivity contribution in [3.05, 3.63) is 0 Å². The van der Waals surface area contributed by atoms with Crippen LogP contribution in [0.1, 0.15) is 0 Å². The number of hydrogen-bond acceptors (Lipinski definition) is 5. The van der Waals surface area contributed by atoms with Gasteiger partial charge in [0.1, 0.15) is 0 Å². The van der Waals surface area contributed by atoms with E-state index in [2.05, 4.69) is 10.1 Å². The fraction of sp³-hybridized carbons (Fsp3) is 0.778. The molecule has 0 aliphatic carbocycles. The molecule has 0 saturated heterocycles. The number of ether oxygens (including phenoxy) is 1. The molecule has 0 aliphatic rings. The molecule has 0 radical (unpaired) electrons. The van der Waals surface area contributed by atoms with Crippen LogP contribution < -0.4 is 5.32 Å². The Morgan fingerprint density at radius 2 is 2.00 bits per heavy atom. The monoisotopic (exact) mass is 250 g/mol. The van der Waals surface area contributed by atoms with E-state index in [1.165, 1.54) is 14.2 Å². The molecular formula is C9H18N2O6. The molecule has 2 amide bonds.